The van der Waals surface area contributed by atoms with Gasteiger partial charge in [0.25, 0.3) is 0 Å². The second kappa shape index (κ2) is 5.07. The summed E-state index contributed by atoms with van der Waals surface area (Å²) in [7, 11) is 1.18. The van der Waals surface area contributed by atoms with E-state index in [9.17, 15) is 18.0 Å². The first-order chi connectivity index (χ1) is 7.86. The van der Waals surface area contributed by atoms with Crippen LogP contribution in [0.1, 0.15) is 12.5 Å². The number of carbonyl (C=O) groups is 1. The number of hydrogen-bond acceptors (Lipinski definition) is 3. The molecule has 94 valence electrons. The molecule has 1 N–H and O–H groups in total. The van der Waals surface area contributed by atoms with Crippen LogP contribution >= 0.6 is 0 Å². The zero-order valence-corrected chi connectivity index (χ0v) is 9.34. The van der Waals surface area contributed by atoms with Crippen molar-refractivity contribution in [2.75, 3.05) is 12.4 Å². The van der Waals surface area contributed by atoms with Crippen LogP contribution in [0.5, 0.6) is 0 Å². The monoisotopic (exact) mass is 247 g/mol. The highest BCUT2D eigenvalue weighted by atomic mass is 19.4. The molecular formula is C11H12F3NO2. The second-order valence-electron chi connectivity index (χ2n) is 3.43. The minimum atomic E-state index is -4.46. The molecule has 0 saturated heterocycles. The number of alkyl halides is 3. The molecule has 0 aliphatic rings. The van der Waals surface area contributed by atoms with E-state index in [-0.39, 0.29) is 5.69 Å². The summed E-state index contributed by atoms with van der Waals surface area (Å²) in [6.45, 7) is 1.43. The summed E-state index contributed by atoms with van der Waals surface area (Å²) >= 11 is 0. The highest BCUT2D eigenvalue weighted by Gasteiger charge is 2.33. The highest BCUT2D eigenvalue weighted by molar-refractivity contribution is 5.79. The Morgan fingerprint density at radius 3 is 2.47 bits per heavy atom. The van der Waals surface area contributed by atoms with Gasteiger partial charge in [-0.2, -0.15) is 13.2 Å². The molecule has 0 heterocycles. The Hall–Kier alpha value is -1.72. The number of rotatable bonds is 3. The van der Waals surface area contributed by atoms with Crippen molar-refractivity contribution in [3.63, 3.8) is 0 Å². The van der Waals surface area contributed by atoms with Gasteiger partial charge in [-0.25, -0.2) is 4.79 Å². The van der Waals surface area contributed by atoms with Crippen molar-refractivity contribution in [1.29, 1.82) is 0 Å². The lowest BCUT2D eigenvalue weighted by atomic mass is 10.1. The SMILES string of the molecule is COC(=O)C(C)Nc1ccccc1C(F)(F)F. The third kappa shape index (κ3) is 3.37. The van der Waals surface area contributed by atoms with Crippen LogP contribution < -0.4 is 5.32 Å². The summed E-state index contributed by atoms with van der Waals surface area (Å²) in [5.41, 5.74) is -0.950. The van der Waals surface area contributed by atoms with Crippen molar-refractivity contribution in [2.24, 2.45) is 0 Å². The van der Waals surface area contributed by atoms with Gasteiger partial charge >= 0.3 is 12.1 Å². The predicted molar refractivity (Wildman–Crippen MR) is 56.5 cm³/mol. The molecule has 0 saturated carbocycles. The first kappa shape index (κ1) is 13.3. The van der Waals surface area contributed by atoms with Crippen LogP contribution in [0.3, 0.4) is 0 Å². The van der Waals surface area contributed by atoms with Crippen molar-refractivity contribution in [3.05, 3.63) is 29.8 Å². The number of hydrogen-bond donors (Lipinski definition) is 1. The Balaban J connectivity index is 2.95. The van der Waals surface area contributed by atoms with Gasteiger partial charge in [-0.05, 0) is 19.1 Å². The largest absolute Gasteiger partial charge is 0.467 e. The predicted octanol–water partition coefficient (Wildman–Crippen LogP) is 2.68. The summed E-state index contributed by atoms with van der Waals surface area (Å²) in [5.74, 6) is -0.623. The molecule has 0 aromatic heterocycles. The van der Waals surface area contributed by atoms with Crippen LogP contribution in [0.4, 0.5) is 18.9 Å². The van der Waals surface area contributed by atoms with Gasteiger partial charge in [-0.15, -0.1) is 0 Å². The van der Waals surface area contributed by atoms with E-state index in [1.807, 2.05) is 0 Å². The van der Waals surface area contributed by atoms with Gasteiger partial charge in [-0.1, -0.05) is 12.1 Å². The molecule has 3 nitrogen and oxygen atoms in total. The van der Waals surface area contributed by atoms with E-state index in [4.69, 9.17) is 0 Å². The van der Waals surface area contributed by atoms with E-state index in [1.54, 1.807) is 0 Å². The second-order valence-corrected chi connectivity index (χ2v) is 3.43. The molecule has 6 heteroatoms. The number of para-hydroxylation sites is 1. The molecule has 17 heavy (non-hydrogen) atoms. The van der Waals surface area contributed by atoms with Gasteiger partial charge in [0.05, 0.1) is 12.7 Å². The number of nitrogens with one attached hydrogen (secondary N) is 1. The molecule has 0 aliphatic heterocycles. The number of esters is 1. The maximum absolute atomic E-state index is 12.6. The Kier molecular flexibility index (Phi) is 3.98. The molecule has 0 bridgehead atoms. The van der Waals surface area contributed by atoms with E-state index in [2.05, 4.69) is 10.1 Å². The Morgan fingerprint density at radius 1 is 1.35 bits per heavy atom. The quantitative estimate of drug-likeness (QED) is 0.834. The first-order valence-electron chi connectivity index (χ1n) is 4.87. The number of benzene rings is 1. The summed E-state index contributed by atoms with van der Waals surface area (Å²) in [5, 5.41) is 2.47. The molecule has 1 unspecified atom stereocenters. The van der Waals surface area contributed by atoms with Crippen molar-refractivity contribution in [3.8, 4) is 0 Å². The zero-order chi connectivity index (χ0) is 13.1. The third-order valence-electron chi connectivity index (χ3n) is 2.16. The Labute approximate surface area is 96.6 Å². The van der Waals surface area contributed by atoms with Gasteiger partial charge in [0.2, 0.25) is 0 Å². The number of methoxy groups -OCH3 is 1. The molecular weight excluding hydrogens is 235 g/mol. The lowest BCUT2D eigenvalue weighted by Gasteiger charge is -2.17. The van der Waals surface area contributed by atoms with E-state index in [1.165, 1.54) is 32.2 Å². The first-order valence-corrected chi connectivity index (χ1v) is 4.87. The molecule has 1 rings (SSSR count). The standard InChI is InChI=1S/C11H12F3NO2/c1-7(10(16)17-2)15-9-6-4-3-5-8(9)11(12,13)14/h3-7,15H,1-2H3. The van der Waals surface area contributed by atoms with Crippen molar-refractivity contribution in [1.82, 2.24) is 0 Å². The topological polar surface area (TPSA) is 38.3 Å². The minimum Gasteiger partial charge on any atom is -0.467 e. The van der Waals surface area contributed by atoms with Gasteiger partial charge in [-0.3, -0.25) is 0 Å². The van der Waals surface area contributed by atoms with E-state index in [0.717, 1.165) is 6.07 Å². The summed E-state index contributed by atoms with van der Waals surface area (Å²) in [4.78, 5) is 11.1. The molecule has 0 spiro atoms. The minimum absolute atomic E-state index is 0.141. The number of carbonyl (C=O) groups excluding carboxylic acids is 1. The maximum Gasteiger partial charge on any atom is 0.418 e. The van der Waals surface area contributed by atoms with E-state index < -0.39 is 23.8 Å². The van der Waals surface area contributed by atoms with Gasteiger partial charge < -0.3 is 10.1 Å². The summed E-state index contributed by atoms with van der Waals surface area (Å²) < 4.78 is 42.3. The van der Waals surface area contributed by atoms with Crippen molar-refractivity contribution in [2.45, 2.75) is 19.1 Å². The molecule has 0 aliphatic carbocycles. The highest BCUT2D eigenvalue weighted by Crippen LogP contribution is 2.34. The van der Waals surface area contributed by atoms with Crippen LogP contribution in [0.25, 0.3) is 0 Å². The van der Waals surface area contributed by atoms with Crippen molar-refractivity contribution < 1.29 is 22.7 Å². The van der Waals surface area contributed by atoms with Crippen molar-refractivity contribution >= 4 is 11.7 Å². The van der Waals surface area contributed by atoms with Crippen LogP contribution in [-0.2, 0) is 15.7 Å². The zero-order valence-electron chi connectivity index (χ0n) is 9.34. The molecule has 0 radical (unpaired) electrons. The van der Waals surface area contributed by atoms with E-state index in [0.29, 0.717) is 0 Å². The lowest BCUT2D eigenvalue weighted by Crippen LogP contribution is -2.28. The van der Waals surface area contributed by atoms with Gasteiger partial charge in [0.15, 0.2) is 0 Å². The average Bonchev–Trinajstić information content (AvgIpc) is 2.27. The Bertz CT molecular complexity index is 404. The van der Waals surface area contributed by atoms with Crippen LogP contribution in [0.2, 0.25) is 0 Å². The summed E-state index contributed by atoms with van der Waals surface area (Å²) in [6.07, 6.45) is -4.46. The van der Waals surface area contributed by atoms with Crippen LogP contribution in [0, 0.1) is 0 Å². The normalized spacial score (nSPS) is 13.0. The Morgan fingerprint density at radius 2 is 1.94 bits per heavy atom. The average molecular weight is 247 g/mol. The number of halogens is 3. The summed E-state index contributed by atoms with van der Waals surface area (Å²) in [6, 6.07) is 4.12. The third-order valence-corrected chi connectivity index (χ3v) is 2.16. The van der Waals surface area contributed by atoms with Crippen LogP contribution in [0.15, 0.2) is 24.3 Å². The molecule has 1 aromatic carbocycles. The maximum atomic E-state index is 12.6. The van der Waals surface area contributed by atoms with E-state index >= 15 is 0 Å². The van der Waals surface area contributed by atoms with Crippen LogP contribution in [-0.4, -0.2) is 19.1 Å². The molecule has 1 aromatic rings. The fourth-order valence-corrected chi connectivity index (χ4v) is 1.33. The fraction of sp³-hybridized carbons (Fsp3) is 0.364. The van der Waals surface area contributed by atoms with Gasteiger partial charge in [0.1, 0.15) is 6.04 Å². The molecule has 0 fully saturated rings. The molecule has 0 amide bonds. The molecule has 1 atom stereocenters. The number of ether oxygens (including phenoxy) is 1. The fourth-order valence-electron chi connectivity index (χ4n) is 1.33. The van der Waals surface area contributed by atoms with Gasteiger partial charge in [0, 0.05) is 5.69 Å². The lowest BCUT2D eigenvalue weighted by molar-refractivity contribution is -0.141. The smallest absolute Gasteiger partial charge is 0.418 e. The number of anilines is 1.